The van der Waals surface area contributed by atoms with Crippen molar-refractivity contribution in [1.82, 2.24) is 15.2 Å². The molecule has 1 unspecified atom stereocenters. The zero-order valence-corrected chi connectivity index (χ0v) is 14.9. The highest BCUT2D eigenvalue weighted by Gasteiger charge is 2.23. The van der Waals surface area contributed by atoms with Crippen LogP contribution < -0.4 is 10.1 Å². The number of rotatable bonds is 5. The van der Waals surface area contributed by atoms with Crippen molar-refractivity contribution in [3.8, 4) is 5.75 Å². The predicted molar refractivity (Wildman–Crippen MR) is 92.1 cm³/mol. The fourth-order valence-electron chi connectivity index (χ4n) is 2.95. The molecule has 0 bridgehead atoms. The number of pyridine rings is 1. The molecule has 4 nitrogen and oxygen atoms in total. The molecule has 0 aliphatic carbocycles. The molecule has 0 radical (unpaired) electrons. The smallest absolute Gasteiger partial charge is 0.128 e. The molecule has 0 saturated carbocycles. The summed E-state index contributed by atoms with van der Waals surface area (Å²) in [5, 5.41) is 3.27. The summed E-state index contributed by atoms with van der Waals surface area (Å²) in [6.45, 7) is 8.53. The third-order valence-electron chi connectivity index (χ3n) is 3.99. The lowest BCUT2D eigenvalue weighted by atomic mass is 10.1. The summed E-state index contributed by atoms with van der Waals surface area (Å²) in [5.41, 5.74) is 3.44. The number of aromatic nitrogens is 1. The van der Waals surface area contributed by atoms with Crippen LogP contribution in [0.25, 0.3) is 0 Å². The Labute approximate surface area is 140 Å². The number of hydrogen-bond donors (Lipinski definition) is 1. The minimum atomic E-state index is 0. The standard InChI is InChI=1S/C15H25N3O.2ClH/c1-11-7-17-14(12(2)15(11)19-4)10-18-6-5-13(9-18)8-16-3;;/h7,13,16H,5-6,8-10H2,1-4H3;2*1H. The first kappa shape index (κ1) is 20.5. The monoisotopic (exact) mass is 335 g/mol. The van der Waals surface area contributed by atoms with Gasteiger partial charge in [-0.05, 0) is 46.3 Å². The van der Waals surface area contributed by atoms with Crippen molar-refractivity contribution in [2.45, 2.75) is 26.8 Å². The van der Waals surface area contributed by atoms with Gasteiger partial charge in [0, 0.05) is 30.4 Å². The summed E-state index contributed by atoms with van der Waals surface area (Å²) in [6, 6.07) is 0. The fourth-order valence-corrected chi connectivity index (χ4v) is 2.95. The Balaban J connectivity index is 0.00000200. The van der Waals surface area contributed by atoms with Crippen LogP contribution in [0.3, 0.4) is 0 Å². The second kappa shape index (κ2) is 9.46. The van der Waals surface area contributed by atoms with Crippen LogP contribution >= 0.6 is 24.8 Å². The van der Waals surface area contributed by atoms with Crippen LogP contribution in [0.15, 0.2) is 6.20 Å². The molecule has 1 atom stereocenters. The van der Waals surface area contributed by atoms with Gasteiger partial charge >= 0.3 is 0 Å². The maximum Gasteiger partial charge on any atom is 0.128 e. The Morgan fingerprint density at radius 1 is 1.38 bits per heavy atom. The van der Waals surface area contributed by atoms with E-state index in [9.17, 15) is 0 Å². The maximum absolute atomic E-state index is 5.47. The molecule has 1 N–H and O–H groups in total. The van der Waals surface area contributed by atoms with Crippen molar-refractivity contribution in [2.75, 3.05) is 33.8 Å². The number of hydrogen-bond acceptors (Lipinski definition) is 4. The van der Waals surface area contributed by atoms with Crippen LogP contribution in [0.4, 0.5) is 0 Å². The third kappa shape index (κ3) is 4.99. The molecular weight excluding hydrogens is 309 g/mol. The van der Waals surface area contributed by atoms with E-state index in [0.29, 0.717) is 0 Å². The SMILES string of the molecule is CNCC1CCN(Cc2ncc(C)c(OC)c2C)C1.Cl.Cl. The maximum atomic E-state index is 5.47. The van der Waals surface area contributed by atoms with Gasteiger partial charge in [0.05, 0.1) is 12.8 Å². The topological polar surface area (TPSA) is 37.4 Å². The Morgan fingerprint density at radius 2 is 2.10 bits per heavy atom. The van der Waals surface area contributed by atoms with E-state index in [2.05, 4.69) is 22.1 Å². The second-order valence-corrected chi connectivity index (χ2v) is 5.49. The lowest BCUT2D eigenvalue weighted by molar-refractivity contribution is 0.309. The van der Waals surface area contributed by atoms with E-state index in [0.717, 1.165) is 42.6 Å². The minimum absolute atomic E-state index is 0. The van der Waals surface area contributed by atoms with Gasteiger partial charge in [0.1, 0.15) is 5.75 Å². The molecule has 6 heteroatoms. The number of halogens is 2. The van der Waals surface area contributed by atoms with Crippen molar-refractivity contribution in [3.05, 3.63) is 23.0 Å². The van der Waals surface area contributed by atoms with Gasteiger partial charge in [-0.25, -0.2) is 0 Å². The van der Waals surface area contributed by atoms with Gasteiger partial charge in [-0.2, -0.15) is 0 Å². The largest absolute Gasteiger partial charge is 0.496 e. The molecule has 0 amide bonds. The van der Waals surface area contributed by atoms with Crippen molar-refractivity contribution >= 4 is 24.8 Å². The van der Waals surface area contributed by atoms with Crippen molar-refractivity contribution in [3.63, 3.8) is 0 Å². The zero-order chi connectivity index (χ0) is 13.8. The molecule has 2 rings (SSSR count). The highest BCUT2D eigenvalue weighted by atomic mass is 35.5. The molecule has 21 heavy (non-hydrogen) atoms. The summed E-state index contributed by atoms with van der Waals surface area (Å²) < 4.78 is 5.47. The first-order valence-corrected chi connectivity index (χ1v) is 7.01. The molecule has 1 aliphatic rings. The predicted octanol–water partition coefficient (Wildman–Crippen LogP) is 2.59. The number of aryl methyl sites for hydroxylation is 1. The lowest BCUT2D eigenvalue weighted by Gasteiger charge is -2.18. The Morgan fingerprint density at radius 3 is 2.71 bits per heavy atom. The zero-order valence-electron chi connectivity index (χ0n) is 13.3. The highest BCUT2D eigenvalue weighted by Crippen LogP contribution is 2.26. The van der Waals surface area contributed by atoms with Gasteiger partial charge in [0.15, 0.2) is 0 Å². The van der Waals surface area contributed by atoms with E-state index >= 15 is 0 Å². The van der Waals surface area contributed by atoms with Gasteiger partial charge in [0.2, 0.25) is 0 Å². The molecule has 2 heterocycles. The van der Waals surface area contributed by atoms with Crippen LogP contribution in [0.1, 0.15) is 23.2 Å². The molecule has 0 spiro atoms. The molecule has 0 aromatic carbocycles. The van der Waals surface area contributed by atoms with Crippen LogP contribution in [-0.2, 0) is 6.54 Å². The number of ether oxygens (including phenoxy) is 1. The van der Waals surface area contributed by atoms with Crippen molar-refractivity contribution in [1.29, 1.82) is 0 Å². The van der Waals surface area contributed by atoms with Gasteiger partial charge in [0.25, 0.3) is 0 Å². The number of nitrogens with zero attached hydrogens (tertiary/aromatic N) is 2. The molecule has 1 saturated heterocycles. The summed E-state index contributed by atoms with van der Waals surface area (Å²) in [4.78, 5) is 7.08. The highest BCUT2D eigenvalue weighted by molar-refractivity contribution is 5.85. The fraction of sp³-hybridized carbons (Fsp3) is 0.667. The Hall–Kier alpha value is -0.550. The van der Waals surface area contributed by atoms with E-state index in [1.165, 1.54) is 18.5 Å². The average molecular weight is 336 g/mol. The lowest BCUT2D eigenvalue weighted by Crippen LogP contribution is -2.25. The van der Waals surface area contributed by atoms with Gasteiger partial charge < -0.3 is 10.1 Å². The van der Waals surface area contributed by atoms with Crippen LogP contribution in [0.5, 0.6) is 5.75 Å². The summed E-state index contributed by atoms with van der Waals surface area (Å²) in [7, 11) is 3.76. The van der Waals surface area contributed by atoms with Crippen LogP contribution in [0.2, 0.25) is 0 Å². The average Bonchev–Trinajstić information content (AvgIpc) is 2.82. The summed E-state index contributed by atoms with van der Waals surface area (Å²) in [5.74, 6) is 1.76. The van der Waals surface area contributed by atoms with Crippen molar-refractivity contribution in [2.24, 2.45) is 5.92 Å². The van der Waals surface area contributed by atoms with Gasteiger partial charge in [-0.15, -0.1) is 24.8 Å². The number of methoxy groups -OCH3 is 1. The molecule has 1 aromatic heterocycles. The summed E-state index contributed by atoms with van der Waals surface area (Å²) in [6.07, 6.45) is 3.20. The quantitative estimate of drug-likeness (QED) is 0.897. The van der Waals surface area contributed by atoms with Crippen LogP contribution in [0, 0.1) is 19.8 Å². The van der Waals surface area contributed by atoms with Gasteiger partial charge in [-0.1, -0.05) is 0 Å². The van der Waals surface area contributed by atoms with Gasteiger partial charge in [-0.3, -0.25) is 9.88 Å². The Kier molecular flexibility index (Phi) is 9.22. The van der Waals surface area contributed by atoms with E-state index in [-0.39, 0.29) is 24.8 Å². The van der Waals surface area contributed by atoms with Crippen molar-refractivity contribution < 1.29 is 4.74 Å². The van der Waals surface area contributed by atoms with E-state index in [1.807, 2.05) is 20.2 Å². The van der Waals surface area contributed by atoms with Crippen LogP contribution in [-0.4, -0.2) is 43.7 Å². The van der Waals surface area contributed by atoms with E-state index < -0.39 is 0 Å². The number of nitrogens with one attached hydrogen (secondary N) is 1. The molecule has 1 aliphatic heterocycles. The van der Waals surface area contributed by atoms with E-state index in [4.69, 9.17) is 4.74 Å². The Bertz CT molecular complexity index is 443. The first-order valence-electron chi connectivity index (χ1n) is 7.01. The molecule has 122 valence electrons. The molecule has 1 fully saturated rings. The normalized spacial score (nSPS) is 18.0. The third-order valence-corrected chi connectivity index (χ3v) is 3.99. The first-order chi connectivity index (χ1) is 9.15. The summed E-state index contributed by atoms with van der Waals surface area (Å²) >= 11 is 0. The van der Waals surface area contributed by atoms with E-state index in [1.54, 1.807) is 7.11 Å². The second-order valence-electron chi connectivity index (χ2n) is 5.49. The number of likely N-dealkylation sites (tertiary alicyclic amines) is 1. The molecule has 1 aromatic rings. The minimum Gasteiger partial charge on any atom is -0.496 e. The molecular formula is C15H27Cl2N3O.